The van der Waals surface area contributed by atoms with E-state index in [9.17, 15) is 14.4 Å². The van der Waals surface area contributed by atoms with Gasteiger partial charge in [0.15, 0.2) is 0 Å². The standard InChI is InChI=1S/C36H26BrClN2O5/c1-22-10-11-23-6-2-4-8-29(23)31(22)21-45-33-17-12-26(37)18-25(33)19-30-34(41)39-36(43)40(35(30)42)27-13-15-28(16-14-27)44-20-24-7-3-5-9-32(24)38/h2-19H,20-21H2,1H3,(H,39,41,43)/b30-19+. The lowest BCUT2D eigenvalue weighted by atomic mass is 10.0. The van der Waals surface area contributed by atoms with Gasteiger partial charge in [0.05, 0.1) is 5.69 Å². The average Bonchev–Trinajstić information content (AvgIpc) is 3.03. The van der Waals surface area contributed by atoms with E-state index in [1.807, 2.05) is 43.3 Å². The number of anilines is 1. The Morgan fingerprint density at radius 3 is 2.40 bits per heavy atom. The summed E-state index contributed by atoms with van der Waals surface area (Å²) in [7, 11) is 0. The third-order valence-corrected chi connectivity index (χ3v) is 8.33. The smallest absolute Gasteiger partial charge is 0.335 e. The molecule has 9 heteroatoms. The number of rotatable bonds is 8. The van der Waals surface area contributed by atoms with E-state index < -0.39 is 17.8 Å². The SMILES string of the molecule is Cc1ccc2ccccc2c1COc1ccc(Br)cc1/C=C1\C(=O)NC(=O)N(c2ccc(OCc3ccccc3Cl)cc2)C1=O. The lowest BCUT2D eigenvalue weighted by Gasteiger charge is -2.26. The molecule has 1 aliphatic rings. The van der Waals surface area contributed by atoms with E-state index in [0.29, 0.717) is 22.1 Å². The number of barbiturate groups is 1. The topological polar surface area (TPSA) is 84.9 Å². The molecule has 0 aliphatic carbocycles. The summed E-state index contributed by atoms with van der Waals surface area (Å²) in [6, 6.07) is 30.5. The van der Waals surface area contributed by atoms with Gasteiger partial charge < -0.3 is 9.47 Å². The zero-order chi connectivity index (χ0) is 31.5. The Kier molecular flexibility index (Phi) is 8.69. The second kappa shape index (κ2) is 13.0. The molecule has 1 fully saturated rings. The first kappa shape index (κ1) is 30.1. The molecule has 0 radical (unpaired) electrons. The van der Waals surface area contributed by atoms with Crippen molar-refractivity contribution in [1.82, 2.24) is 5.32 Å². The number of carbonyl (C=O) groups excluding carboxylic acids is 3. The largest absolute Gasteiger partial charge is 0.489 e. The Hall–Kier alpha value is -4.92. The van der Waals surface area contributed by atoms with Gasteiger partial charge in [-0.25, -0.2) is 9.69 Å². The van der Waals surface area contributed by atoms with Crippen molar-refractivity contribution in [3.8, 4) is 11.5 Å². The van der Waals surface area contributed by atoms with Crippen LogP contribution in [-0.2, 0) is 22.8 Å². The Balaban J connectivity index is 1.24. The number of carbonyl (C=O) groups is 3. The van der Waals surface area contributed by atoms with Gasteiger partial charge in [0, 0.05) is 26.2 Å². The molecule has 5 aromatic rings. The van der Waals surface area contributed by atoms with Crippen LogP contribution in [0.15, 0.2) is 113 Å². The first-order valence-electron chi connectivity index (χ1n) is 14.1. The second-order valence-electron chi connectivity index (χ2n) is 10.4. The van der Waals surface area contributed by atoms with Crippen LogP contribution in [0.1, 0.15) is 22.3 Å². The summed E-state index contributed by atoms with van der Waals surface area (Å²) in [6.45, 7) is 2.56. The summed E-state index contributed by atoms with van der Waals surface area (Å²) in [5.74, 6) is -0.559. The molecule has 0 unspecified atom stereocenters. The molecule has 7 nitrogen and oxygen atoms in total. The number of urea groups is 1. The normalized spacial score (nSPS) is 14.2. The average molecular weight is 682 g/mol. The van der Waals surface area contributed by atoms with Gasteiger partial charge in [-0.2, -0.15) is 0 Å². The van der Waals surface area contributed by atoms with E-state index in [1.165, 1.54) is 6.08 Å². The van der Waals surface area contributed by atoms with Gasteiger partial charge in [-0.05, 0) is 77.9 Å². The molecule has 0 aromatic heterocycles. The first-order valence-corrected chi connectivity index (χ1v) is 15.2. The van der Waals surface area contributed by atoms with E-state index in [4.69, 9.17) is 21.1 Å². The molecule has 0 bridgehead atoms. The molecule has 6 rings (SSSR count). The number of fused-ring (bicyclic) bond motifs is 1. The van der Waals surface area contributed by atoms with E-state index in [-0.39, 0.29) is 24.5 Å². The summed E-state index contributed by atoms with van der Waals surface area (Å²) in [5, 5.41) is 5.06. The molecular weight excluding hydrogens is 656 g/mol. The molecule has 224 valence electrons. The zero-order valence-electron chi connectivity index (χ0n) is 24.1. The summed E-state index contributed by atoms with van der Waals surface area (Å²) >= 11 is 9.69. The number of hydrogen-bond acceptors (Lipinski definition) is 5. The van der Waals surface area contributed by atoms with Gasteiger partial charge in [-0.3, -0.25) is 14.9 Å². The molecule has 1 heterocycles. The summed E-state index contributed by atoms with van der Waals surface area (Å²) in [6.07, 6.45) is 1.44. The Labute approximate surface area is 273 Å². The minimum Gasteiger partial charge on any atom is -0.489 e. The van der Waals surface area contributed by atoms with Gasteiger partial charge >= 0.3 is 6.03 Å². The maximum absolute atomic E-state index is 13.6. The van der Waals surface area contributed by atoms with Crippen molar-refractivity contribution < 1.29 is 23.9 Å². The molecule has 1 saturated heterocycles. The highest BCUT2D eigenvalue weighted by molar-refractivity contribution is 9.10. The highest BCUT2D eigenvalue weighted by Crippen LogP contribution is 2.31. The fraction of sp³-hybridized carbons (Fsp3) is 0.0833. The maximum atomic E-state index is 13.6. The van der Waals surface area contributed by atoms with Crippen LogP contribution < -0.4 is 19.7 Å². The third-order valence-electron chi connectivity index (χ3n) is 7.47. The predicted octanol–water partition coefficient (Wildman–Crippen LogP) is 8.39. The number of aryl methyl sites for hydroxylation is 1. The van der Waals surface area contributed by atoms with E-state index in [0.717, 1.165) is 36.8 Å². The van der Waals surface area contributed by atoms with Crippen LogP contribution >= 0.6 is 27.5 Å². The number of hydrogen-bond donors (Lipinski definition) is 1. The van der Waals surface area contributed by atoms with Crippen LogP contribution in [-0.4, -0.2) is 17.8 Å². The highest BCUT2D eigenvalue weighted by Gasteiger charge is 2.37. The number of halogens is 2. The highest BCUT2D eigenvalue weighted by atomic mass is 79.9. The molecule has 1 aliphatic heterocycles. The van der Waals surface area contributed by atoms with Crippen LogP contribution in [0, 0.1) is 6.92 Å². The maximum Gasteiger partial charge on any atom is 0.335 e. The number of amides is 4. The number of imide groups is 2. The third kappa shape index (κ3) is 6.48. The number of nitrogens with one attached hydrogen (secondary N) is 1. The second-order valence-corrected chi connectivity index (χ2v) is 11.7. The lowest BCUT2D eigenvalue weighted by molar-refractivity contribution is -0.122. The van der Waals surface area contributed by atoms with Crippen molar-refractivity contribution in [2.24, 2.45) is 0 Å². The number of ether oxygens (including phenoxy) is 2. The number of benzene rings is 5. The van der Waals surface area contributed by atoms with Crippen LogP contribution in [0.2, 0.25) is 5.02 Å². The Morgan fingerprint density at radius 2 is 1.60 bits per heavy atom. The Morgan fingerprint density at radius 1 is 0.844 bits per heavy atom. The minimum absolute atomic E-state index is 0.210. The molecule has 45 heavy (non-hydrogen) atoms. The van der Waals surface area contributed by atoms with E-state index in [2.05, 4.69) is 45.5 Å². The molecule has 0 spiro atoms. The van der Waals surface area contributed by atoms with Crippen LogP contribution in [0.3, 0.4) is 0 Å². The molecular formula is C36H26BrClN2O5. The van der Waals surface area contributed by atoms with Gasteiger partial charge in [-0.1, -0.05) is 82.1 Å². The van der Waals surface area contributed by atoms with Crippen molar-refractivity contribution in [1.29, 1.82) is 0 Å². The fourth-order valence-electron chi connectivity index (χ4n) is 5.07. The first-order chi connectivity index (χ1) is 21.8. The molecule has 4 amide bonds. The zero-order valence-corrected chi connectivity index (χ0v) is 26.4. The van der Waals surface area contributed by atoms with Crippen molar-refractivity contribution >= 4 is 67.9 Å². The Bertz CT molecular complexity index is 1990. The van der Waals surface area contributed by atoms with E-state index >= 15 is 0 Å². The lowest BCUT2D eigenvalue weighted by Crippen LogP contribution is -2.54. The molecule has 0 atom stereocenters. The van der Waals surface area contributed by atoms with Gasteiger partial charge in [-0.15, -0.1) is 0 Å². The number of nitrogens with zero attached hydrogens (tertiary/aromatic N) is 1. The summed E-state index contributed by atoms with van der Waals surface area (Å²) in [4.78, 5) is 40.3. The monoisotopic (exact) mass is 680 g/mol. The van der Waals surface area contributed by atoms with Crippen molar-refractivity contribution in [2.45, 2.75) is 20.1 Å². The van der Waals surface area contributed by atoms with Crippen LogP contribution in [0.25, 0.3) is 16.8 Å². The molecule has 5 aromatic carbocycles. The fourth-order valence-corrected chi connectivity index (χ4v) is 5.63. The van der Waals surface area contributed by atoms with Gasteiger partial charge in [0.25, 0.3) is 11.8 Å². The van der Waals surface area contributed by atoms with Crippen LogP contribution in [0.4, 0.5) is 10.5 Å². The van der Waals surface area contributed by atoms with Crippen LogP contribution in [0.5, 0.6) is 11.5 Å². The quantitative estimate of drug-likeness (QED) is 0.131. The van der Waals surface area contributed by atoms with Crippen molar-refractivity contribution in [3.05, 3.63) is 140 Å². The molecule has 1 N–H and O–H groups in total. The van der Waals surface area contributed by atoms with E-state index in [1.54, 1.807) is 42.5 Å². The minimum atomic E-state index is -0.843. The van der Waals surface area contributed by atoms with Gasteiger partial charge in [0.2, 0.25) is 0 Å². The summed E-state index contributed by atoms with van der Waals surface area (Å²) < 4.78 is 12.8. The summed E-state index contributed by atoms with van der Waals surface area (Å²) in [5.41, 5.74) is 3.51. The van der Waals surface area contributed by atoms with Gasteiger partial charge in [0.1, 0.15) is 30.3 Å². The predicted molar refractivity (Wildman–Crippen MR) is 178 cm³/mol. The van der Waals surface area contributed by atoms with Crippen molar-refractivity contribution in [3.63, 3.8) is 0 Å². The molecule has 0 saturated carbocycles. The van der Waals surface area contributed by atoms with Crippen molar-refractivity contribution in [2.75, 3.05) is 4.90 Å².